The van der Waals surface area contributed by atoms with Gasteiger partial charge in [0, 0.05) is 17.0 Å². The molecule has 2 aromatic carbocycles. The standard InChI is InChI=1S/C21H24O6/c1-23-13-8-9-18(25-3)15(10-13)21-14-6-5-7-17(24-2)16(14)12-27-19(21)11-20(22)26-4/h5-10,19,21H,11-12H2,1-4H3/t19-,21-/m0/s1. The maximum Gasteiger partial charge on any atom is 0.308 e. The zero-order valence-electron chi connectivity index (χ0n) is 16.0. The maximum absolute atomic E-state index is 12.0. The van der Waals surface area contributed by atoms with E-state index in [9.17, 15) is 4.79 Å². The fraction of sp³-hybridized carbons (Fsp3) is 0.381. The second-order valence-electron chi connectivity index (χ2n) is 6.24. The van der Waals surface area contributed by atoms with Crippen molar-refractivity contribution in [3.63, 3.8) is 0 Å². The Bertz CT molecular complexity index is 816. The highest BCUT2D eigenvalue weighted by Crippen LogP contribution is 2.45. The molecule has 0 spiro atoms. The zero-order valence-corrected chi connectivity index (χ0v) is 16.0. The van der Waals surface area contributed by atoms with Crippen LogP contribution in [0.4, 0.5) is 0 Å². The third kappa shape index (κ3) is 3.71. The number of ether oxygens (including phenoxy) is 5. The van der Waals surface area contributed by atoms with E-state index in [1.807, 2.05) is 36.4 Å². The lowest BCUT2D eigenvalue weighted by atomic mass is 9.80. The van der Waals surface area contributed by atoms with Crippen LogP contribution in [-0.4, -0.2) is 40.5 Å². The summed E-state index contributed by atoms with van der Waals surface area (Å²) >= 11 is 0. The number of hydrogen-bond acceptors (Lipinski definition) is 6. The van der Waals surface area contributed by atoms with E-state index in [1.165, 1.54) is 7.11 Å². The first kappa shape index (κ1) is 19.0. The summed E-state index contributed by atoms with van der Waals surface area (Å²) in [7, 11) is 6.25. The highest BCUT2D eigenvalue weighted by Gasteiger charge is 2.36. The van der Waals surface area contributed by atoms with E-state index in [2.05, 4.69) is 0 Å². The average Bonchev–Trinajstić information content (AvgIpc) is 2.72. The number of carbonyl (C=O) groups is 1. The number of esters is 1. The predicted octanol–water partition coefficient (Wildman–Crippen LogP) is 3.31. The smallest absolute Gasteiger partial charge is 0.308 e. The van der Waals surface area contributed by atoms with Gasteiger partial charge in [0.1, 0.15) is 17.2 Å². The van der Waals surface area contributed by atoms with Gasteiger partial charge in [-0.15, -0.1) is 0 Å². The second kappa shape index (κ2) is 8.31. The Labute approximate surface area is 158 Å². The molecule has 0 amide bonds. The molecule has 0 fully saturated rings. The Morgan fingerprint density at radius 3 is 2.44 bits per heavy atom. The largest absolute Gasteiger partial charge is 0.497 e. The lowest BCUT2D eigenvalue weighted by molar-refractivity contribution is -0.144. The van der Waals surface area contributed by atoms with Crippen molar-refractivity contribution in [2.24, 2.45) is 0 Å². The van der Waals surface area contributed by atoms with Crippen molar-refractivity contribution in [1.82, 2.24) is 0 Å². The van der Waals surface area contributed by atoms with Crippen LogP contribution < -0.4 is 14.2 Å². The first-order chi connectivity index (χ1) is 13.1. The molecule has 6 nitrogen and oxygen atoms in total. The molecule has 2 atom stereocenters. The van der Waals surface area contributed by atoms with E-state index in [0.717, 1.165) is 22.4 Å². The van der Waals surface area contributed by atoms with Crippen LogP contribution in [0.5, 0.6) is 17.2 Å². The van der Waals surface area contributed by atoms with Crippen LogP contribution in [0, 0.1) is 0 Å². The van der Waals surface area contributed by atoms with Crippen LogP contribution in [-0.2, 0) is 20.9 Å². The van der Waals surface area contributed by atoms with Crippen LogP contribution in [0.3, 0.4) is 0 Å². The van der Waals surface area contributed by atoms with Crippen molar-refractivity contribution >= 4 is 5.97 Å². The van der Waals surface area contributed by atoms with Crippen molar-refractivity contribution in [2.45, 2.75) is 25.0 Å². The summed E-state index contributed by atoms with van der Waals surface area (Å²) in [5, 5.41) is 0. The van der Waals surface area contributed by atoms with Crippen molar-refractivity contribution < 1.29 is 28.5 Å². The van der Waals surface area contributed by atoms with Crippen molar-refractivity contribution in [3.05, 3.63) is 53.1 Å². The first-order valence-electron chi connectivity index (χ1n) is 8.69. The van der Waals surface area contributed by atoms with Crippen molar-refractivity contribution in [1.29, 1.82) is 0 Å². The molecular formula is C21H24O6. The number of benzene rings is 2. The molecule has 144 valence electrons. The normalized spacial score (nSPS) is 18.4. The third-order valence-electron chi connectivity index (χ3n) is 4.91. The van der Waals surface area contributed by atoms with Crippen LogP contribution in [0.1, 0.15) is 29.0 Å². The van der Waals surface area contributed by atoms with Gasteiger partial charge in [-0.3, -0.25) is 4.79 Å². The Morgan fingerprint density at radius 1 is 1.00 bits per heavy atom. The summed E-state index contributed by atoms with van der Waals surface area (Å²) < 4.78 is 27.5. The van der Waals surface area contributed by atoms with Crippen LogP contribution in [0.15, 0.2) is 36.4 Å². The quantitative estimate of drug-likeness (QED) is 0.725. The van der Waals surface area contributed by atoms with Crippen LogP contribution >= 0.6 is 0 Å². The predicted molar refractivity (Wildman–Crippen MR) is 99.6 cm³/mol. The summed E-state index contributed by atoms with van der Waals surface area (Å²) in [6, 6.07) is 11.5. The fourth-order valence-electron chi connectivity index (χ4n) is 3.58. The molecule has 1 heterocycles. The van der Waals surface area contributed by atoms with Gasteiger partial charge in [-0.2, -0.15) is 0 Å². The van der Waals surface area contributed by atoms with Crippen molar-refractivity contribution in [3.8, 4) is 17.2 Å². The lowest BCUT2D eigenvalue weighted by Gasteiger charge is -2.35. The highest BCUT2D eigenvalue weighted by molar-refractivity contribution is 5.70. The van der Waals surface area contributed by atoms with E-state index in [4.69, 9.17) is 23.7 Å². The number of methoxy groups -OCH3 is 4. The number of fused-ring (bicyclic) bond motifs is 1. The molecule has 0 saturated heterocycles. The van der Waals surface area contributed by atoms with E-state index < -0.39 is 6.10 Å². The fourth-order valence-corrected chi connectivity index (χ4v) is 3.58. The molecule has 1 aliphatic rings. The van der Waals surface area contributed by atoms with Crippen LogP contribution in [0.25, 0.3) is 0 Å². The number of hydrogen-bond donors (Lipinski definition) is 0. The molecule has 3 rings (SSSR count). The van der Waals surface area contributed by atoms with E-state index in [0.29, 0.717) is 18.1 Å². The zero-order chi connectivity index (χ0) is 19.4. The molecule has 0 saturated carbocycles. The van der Waals surface area contributed by atoms with Gasteiger partial charge >= 0.3 is 5.97 Å². The molecule has 1 aliphatic heterocycles. The minimum atomic E-state index is -0.391. The Balaban J connectivity index is 2.16. The summed E-state index contributed by atoms with van der Waals surface area (Å²) in [5.74, 6) is 1.62. The molecule has 0 bridgehead atoms. The Hall–Kier alpha value is -2.73. The summed E-state index contributed by atoms with van der Waals surface area (Å²) in [6.45, 7) is 0.365. The van der Waals surface area contributed by atoms with Gasteiger partial charge < -0.3 is 23.7 Å². The average molecular weight is 372 g/mol. The van der Waals surface area contributed by atoms with E-state index >= 15 is 0 Å². The Kier molecular flexibility index (Phi) is 5.86. The SMILES string of the molecule is COC(=O)C[C@@H]1OCc2c(OC)cccc2[C@H]1c1cc(OC)ccc1OC. The highest BCUT2D eigenvalue weighted by atomic mass is 16.5. The molecular weight excluding hydrogens is 348 g/mol. The maximum atomic E-state index is 12.0. The molecule has 0 aliphatic carbocycles. The van der Waals surface area contributed by atoms with E-state index in [-0.39, 0.29) is 18.3 Å². The van der Waals surface area contributed by atoms with Gasteiger partial charge in [0.15, 0.2) is 0 Å². The van der Waals surface area contributed by atoms with Crippen molar-refractivity contribution in [2.75, 3.05) is 28.4 Å². The minimum Gasteiger partial charge on any atom is -0.497 e. The Morgan fingerprint density at radius 2 is 1.78 bits per heavy atom. The topological polar surface area (TPSA) is 63.2 Å². The molecule has 27 heavy (non-hydrogen) atoms. The molecule has 0 radical (unpaired) electrons. The van der Waals surface area contributed by atoms with Gasteiger partial charge in [0.25, 0.3) is 0 Å². The molecule has 0 unspecified atom stereocenters. The molecule has 0 aromatic heterocycles. The third-order valence-corrected chi connectivity index (χ3v) is 4.91. The van der Waals surface area contributed by atoms with Gasteiger partial charge in [0.2, 0.25) is 0 Å². The first-order valence-corrected chi connectivity index (χ1v) is 8.69. The molecule has 2 aromatic rings. The summed E-state index contributed by atoms with van der Waals surface area (Å²) in [4.78, 5) is 12.0. The second-order valence-corrected chi connectivity index (χ2v) is 6.24. The number of carbonyl (C=O) groups excluding carboxylic acids is 1. The van der Waals surface area contributed by atoms with Gasteiger partial charge in [-0.25, -0.2) is 0 Å². The molecule has 0 N–H and O–H groups in total. The lowest BCUT2D eigenvalue weighted by Crippen LogP contribution is -2.32. The van der Waals surface area contributed by atoms with Gasteiger partial charge in [-0.05, 0) is 29.8 Å². The van der Waals surface area contributed by atoms with Crippen LogP contribution in [0.2, 0.25) is 0 Å². The summed E-state index contributed by atoms with van der Waals surface area (Å²) in [6.07, 6.45) is -0.254. The van der Waals surface area contributed by atoms with Gasteiger partial charge in [0.05, 0.1) is 47.6 Å². The van der Waals surface area contributed by atoms with E-state index in [1.54, 1.807) is 21.3 Å². The molecule has 6 heteroatoms. The van der Waals surface area contributed by atoms with Gasteiger partial charge in [-0.1, -0.05) is 12.1 Å². The monoisotopic (exact) mass is 372 g/mol. The summed E-state index contributed by atoms with van der Waals surface area (Å²) in [5.41, 5.74) is 2.90. The number of rotatable bonds is 6. The minimum absolute atomic E-state index is 0.137.